The summed E-state index contributed by atoms with van der Waals surface area (Å²) in [7, 11) is -1.40. The zero-order valence-corrected chi connectivity index (χ0v) is 18.8. The summed E-state index contributed by atoms with van der Waals surface area (Å²) in [5, 5.41) is 6.59. The Hall–Kier alpha value is -1.60. The van der Waals surface area contributed by atoms with Crippen molar-refractivity contribution in [3.05, 3.63) is 35.4 Å². The van der Waals surface area contributed by atoms with Crippen LogP contribution < -0.4 is 10.6 Å². The fraction of sp³-hybridized carbons (Fsp3) is 0.667. The van der Waals surface area contributed by atoms with Crippen LogP contribution in [0, 0.1) is 6.92 Å². The van der Waals surface area contributed by atoms with Gasteiger partial charge in [0.15, 0.2) is 15.8 Å². The molecule has 0 bridgehead atoms. The predicted molar refractivity (Wildman–Crippen MR) is 118 cm³/mol. The van der Waals surface area contributed by atoms with Crippen molar-refractivity contribution in [3.8, 4) is 0 Å². The van der Waals surface area contributed by atoms with E-state index in [2.05, 4.69) is 51.7 Å². The normalized spacial score (nSPS) is 17.5. The van der Waals surface area contributed by atoms with Gasteiger partial charge in [-0.25, -0.2) is 8.42 Å². The van der Waals surface area contributed by atoms with Gasteiger partial charge < -0.3 is 10.6 Å². The number of sulfone groups is 1. The number of likely N-dealkylation sites (tertiary alicyclic amines) is 1. The topological polar surface area (TPSA) is 73.8 Å². The molecule has 158 valence electrons. The maximum Gasteiger partial charge on any atom is 0.191 e. The van der Waals surface area contributed by atoms with Crippen LogP contribution in [0.5, 0.6) is 0 Å². The Bertz CT molecular complexity index is 761. The molecule has 28 heavy (non-hydrogen) atoms. The van der Waals surface area contributed by atoms with E-state index in [-0.39, 0.29) is 5.75 Å². The number of hydrogen-bond donors (Lipinski definition) is 2. The Labute approximate surface area is 170 Å². The van der Waals surface area contributed by atoms with Crippen LogP contribution in [0.3, 0.4) is 0 Å². The Morgan fingerprint density at radius 2 is 1.93 bits per heavy atom. The van der Waals surface area contributed by atoms with Crippen molar-refractivity contribution < 1.29 is 8.42 Å². The molecule has 1 aromatic rings. The predicted octanol–water partition coefficient (Wildman–Crippen LogP) is 2.34. The molecule has 2 N–H and O–H groups in total. The molecule has 0 amide bonds. The molecule has 1 fully saturated rings. The third-order valence-electron chi connectivity index (χ3n) is 5.24. The van der Waals surface area contributed by atoms with Crippen molar-refractivity contribution in [2.45, 2.75) is 57.9 Å². The van der Waals surface area contributed by atoms with Crippen molar-refractivity contribution in [2.75, 3.05) is 32.4 Å². The Kier molecular flexibility index (Phi) is 7.89. The maximum absolute atomic E-state index is 12.2. The number of aliphatic imine (C=N–C) groups is 1. The molecule has 1 saturated heterocycles. The maximum atomic E-state index is 12.2. The molecule has 0 saturated carbocycles. The minimum atomic E-state index is -3.13. The van der Waals surface area contributed by atoms with Crippen LogP contribution in [0.1, 0.15) is 44.7 Å². The van der Waals surface area contributed by atoms with Crippen LogP contribution in [-0.2, 0) is 16.4 Å². The van der Waals surface area contributed by atoms with E-state index in [4.69, 9.17) is 0 Å². The molecule has 0 aromatic heterocycles. The minimum Gasteiger partial charge on any atom is -0.355 e. The van der Waals surface area contributed by atoms with Crippen molar-refractivity contribution in [3.63, 3.8) is 0 Å². The van der Waals surface area contributed by atoms with Gasteiger partial charge in [0.05, 0.1) is 10.5 Å². The second-order valence-electron chi connectivity index (χ2n) is 8.61. The molecule has 0 spiro atoms. The van der Waals surface area contributed by atoms with Crippen LogP contribution >= 0.6 is 0 Å². The monoisotopic (exact) mass is 408 g/mol. The summed E-state index contributed by atoms with van der Waals surface area (Å²) in [5.41, 5.74) is 2.67. The lowest BCUT2D eigenvalue weighted by Gasteiger charge is -2.33. The van der Waals surface area contributed by atoms with E-state index in [0.29, 0.717) is 18.5 Å². The van der Waals surface area contributed by atoms with Crippen molar-refractivity contribution in [1.29, 1.82) is 0 Å². The van der Waals surface area contributed by atoms with Crippen molar-refractivity contribution in [1.82, 2.24) is 15.5 Å². The highest BCUT2D eigenvalue weighted by Gasteiger charge is 2.28. The first-order valence-electron chi connectivity index (χ1n) is 10.1. The Morgan fingerprint density at radius 3 is 2.50 bits per heavy atom. The summed E-state index contributed by atoms with van der Waals surface area (Å²) in [4.78, 5) is 6.73. The second kappa shape index (κ2) is 9.74. The molecular weight excluding hydrogens is 372 g/mol. The average Bonchev–Trinajstić information content (AvgIpc) is 2.61. The summed E-state index contributed by atoms with van der Waals surface area (Å²) in [6.07, 6.45) is 2.10. The fourth-order valence-corrected chi connectivity index (χ4v) is 4.29. The van der Waals surface area contributed by atoms with Crippen LogP contribution in [0.25, 0.3) is 0 Å². The lowest BCUT2D eigenvalue weighted by molar-refractivity contribution is 0.198. The van der Waals surface area contributed by atoms with E-state index in [1.165, 1.54) is 11.1 Å². The van der Waals surface area contributed by atoms with E-state index >= 15 is 0 Å². The summed E-state index contributed by atoms with van der Waals surface area (Å²) < 4.78 is 23.7. The molecule has 2 rings (SSSR count). The molecule has 0 aliphatic carbocycles. The number of piperidine rings is 1. The number of benzene rings is 1. The molecule has 1 aromatic carbocycles. The molecule has 6 nitrogen and oxygen atoms in total. The number of nitrogens with one attached hydrogen (secondary N) is 2. The van der Waals surface area contributed by atoms with Gasteiger partial charge in [0.25, 0.3) is 0 Å². The summed E-state index contributed by atoms with van der Waals surface area (Å²) in [5.74, 6) is 0.785. The first kappa shape index (κ1) is 22.7. The first-order valence-corrected chi connectivity index (χ1v) is 11.7. The van der Waals surface area contributed by atoms with Gasteiger partial charge in [0, 0.05) is 39.3 Å². The van der Waals surface area contributed by atoms with Crippen LogP contribution in [0.4, 0.5) is 0 Å². The lowest BCUT2D eigenvalue weighted by atomic mass is 10.0. The standard InChI is InChI=1S/C21H36N4O2S/c1-17-7-6-8-18(15-17)16-25-12-9-19(10-13-25)24-20(22-5)23-11-14-28(26,27)21(2,3)4/h6-8,15,19H,9-14,16H2,1-5H3,(H2,22,23,24). The van der Waals surface area contributed by atoms with Gasteiger partial charge in [-0.15, -0.1) is 0 Å². The Morgan fingerprint density at radius 1 is 1.25 bits per heavy atom. The van der Waals surface area contributed by atoms with Gasteiger partial charge in [-0.05, 0) is 46.1 Å². The van der Waals surface area contributed by atoms with Crippen LogP contribution in [0.15, 0.2) is 29.3 Å². The van der Waals surface area contributed by atoms with Crippen LogP contribution in [0.2, 0.25) is 0 Å². The largest absolute Gasteiger partial charge is 0.355 e. The zero-order chi connectivity index (χ0) is 20.8. The van der Waals surface area contributed by atoms with Crippen molar-refractivity contribution >= 4 is 15.8 Å². The molecule has 1 aliphatic heterocycles. The summed E-state index contributed by atoms with van der Waals surface area (Å²) in [6.45, 7) is 10.8. The number of guanidine groups is 1. The van der Waals surface area contributed by atoms with E-state index in [9.17, 15) is 8.42 Å². The molecule has 0 unspecified atom stereocenters. The van der Waals surface area contributed by atoms with E-state index in [1.807, 2.05) is 0 Å². The highest BCUT2D eigenvalue weighted by molar-refractivity contribution is 7.92. The molecule has 1 aliphatic rings. The fourth-order valence-electron chi connectivity index (χ4n) is 3.30. The number of nitrogens with zero attached hydrogens (tertiary/aromatic N) is 2. The number of rotatable bonds is 6. The molecule has 1 heterocycles. The second-order valence-corrected chi connectivity index (χ2v) is 11.5. The molecule has 0 radical (unpaired) electrons. The highest BCUT2D eigenvalue weighted by Crippen LogP contribution is 2.16. The van der Waals surface area contributed by atoms with Gasteiger partial charge >= 0.3 is 0 Å². The Balaban J connectivity index is 1.75. The quantitative estimate of drug-likeness (QED) is 0.558. The van der Waals surface area contributed by atoms with E-state index in [1.54, 1.807) is 27.8 Å². The van der Waals surface area contributed by atoms with Gasteiger partial charge in [0.2, 0.25) is 0 Å². The highest BCUT2D eigenvalue weighted by atomic mass is 32.2. The van der Waals surface area contributed by atoms with E-state index in [0.717, 1.165) is 32.5 Å². The van der Waals surface area contributed by atoms with Crippen LogP contribution in [-0.4, -0.2) is 62.5 Å². The minimum absolute atomic E-state index is 0.103. The lowest BCUT2D eigenvalue weighted by Crippen LogP contribution is -2.49. The van der Waals surface area contributed by atoms with Gasteiger partial charge in [-0.3, -0.25) is 9.89 Å². The molecular formula is C21H36N4O2S. The van der Waals surface area contributed by atoms with E-state index < -0.39 is 14.6 Å². The molecule has 0 atom stereocenters. The van der Waals surface area contributed by atoms with Gasteiger partial charge in [0.1, 0.15) is 0 Å². The smallest absolute Gasteiger partial charge is 0.191 e. The number of aryl methyl sites for hydroxylation is 1. The third-order valence-corrected chi connectivity index (χ3v) is 7.84. The third kappa shape index (κ3) is 6.78. The summed E-state index contributed by atoms with van der Waals surface area (Å²) in [6, 6.07) is 9.05. The van der Waals surface area contributed by atoms with Gasteiger partial charge in [-0.1, -0.05) is 29.8 Å². The SMILES string of the molecule is CN=C(NCCS(=O)(=O)C(C)(C)C)NC1CCN(Cc2cccc(C)c2)CC1. The average molecular weight is 409 g/mol. The first-order chi connectivity index (χ1) is 13.1. The number of hydrogen-bond acceptors (Lipinski definition) is 4. The van der Waals surface area contributed by atoms with Gasteiger partial charge in [-0.2, -0.15) is 0 Å². The molecule has 7 heteroatoms. The zero-order valence-electron chi connectivity index (χ0n) is 18.0. The van der Waals surface area contributed by atoms with Crippen molar-refractivity contribution in [2.24, 2.45) is 4.99 Å². The summed E-state index contributed by atoms with van der Waals surface area (Å²) >= 11 is 0.